The van der Waals surface area contributed by atoms with E-state index in [0.29, 0.717) is 5.69 Å². The van der Waals surface area contributed by atoms with E-state index < -0.39 is 5.97 Å². The first-order valence-corrected chi connectivity index (χ1v) is 5.85. The normalized spacial score (nSPS) is 9.94. The molecule has 3 N–H and O–H groups in total. The second kappa shape index (κ2) is 7.03. The van der Waals surface area contributed by atoms with E-state index in [-0.39, 0.29) is 25.4 Å². The fraction of sp³-hybridized carbons (Fsp3) is 0.273. The molecule has 0 fully saturated rings. The highest BCUT2D eigenvalue weighted by Gasteiger charge is 2.02. The minimum Gasteiger partial charge on any atom is -0.481 e. The maximum atomic E-state index is 11.4. The molecule has 0 bridgehead atoms. The van der Waals surface area contributed by atoms with Gasteiger partial charge in [-0.05, 0) is 18.2 Å². The van der Waals surface area contributed by atoms with Crippen molar-refractivity contribution < 1.29 is 14.7 Å². The highest BCUT2D eigenvalue weighted by Crippen LogP contribution is 2.15. The fourth-order valence-electron chi connectivity index (χ4n) is 1.17. The first-order valence-electron chi connectivity index (χ1n) is 5.06. The van der Waals surface area contributed by atoms with Gasteiger partial charge in [0.15, 0.2) is 0 Å². The molecule has 1 aromatic rings. The number of carbonyl (C=O) groups is 2. The Bertz CT molecular complexity index is 409. The Hall–Kier alpha value is -1.40. The smallest absolute Gasteiger partial charge is 0.304 e. The van der Waals surface area contributed by atoms with Crippen molar-refractivity contribution in [1.82, 2.24) is 5.32 Å². The number of hydrogen-bond donors (Lipinski definition) is 3. The first-order chi connectivity index (χ1) is 8.08. The molecule has 92 valence electrons. The maximum Gasteiger partial charge on any atom is 0.304 e. The van der Waals surface area contributed by atoms with Crippen LogP contribution in [0, 0.1) is 0 Å². The van der Waals surface area contributed by atoms with Crippen molar-refractivity contribution in [3.05, 3.63) is 28.7 Å². The van der Waals surface area contributed by atoms with E-state index in [1.165, 1.54) is 0 Å². The Morgan fingerprint density at radius 2 is 2.12 bits per heavy atom. The van der Waals surface area contributed by atoms with Gasteiger partial charge in [-0.15, -0.1) is 0 Å². The predicted octanol–water partition coefficient (Wildman–Crippen LogP) is 1.45. The van der Waals surface area contributed by atoms with Crippen LogP contribution in [0.15, 0.2) is 28.7 Å². The third kappa shape index (κ3) is 6.03. The molecule has 17 heavy (non-hydrogen) atoms. The second-order valence-electron chi connectivity index (χ2n) is 3.38. The highest BCUT2D eigenvalue weighted by atomic mass is 79.9. The number of aliphatic carboxylic acids is 1. The van der Waals surface area contributed by atoms with Gasteiger partial charge in [0.25, 0.3) is 0 Å². The lowest BCUT2D eigenvalue weighted by atomic mass is 10.3. The van der Waals surface area contributed by atoms with Gasteiger partial charge in [0, 0.05) is 16.7 Å². The fourth-order valence-corrected chi connectivity index (χ4v) is 1.57. The second-order valence-corrected chi connectivity index (χ2v) is 4.29. The molecule has 1 aromatic carbocycles. The third-order valence-electron chi connectivity index (χ3n) is 1.91. The summed E-state index contributed by atoms with van der Waals surface area (Å²) in [6.45, 7) is 0.376. The molecule has 0 aliphatic rings. The van der Waals surface area contributed by atoms with E-state index in [9.17, 15) is 9.59 Å². The van der Waals surface area contributed by atoms with Crippen LogP contribution in [0.3, 0.4) is 0 Å². The van der Waals surface area contributed by atoms with Gasteiger partial charge in [0.2, 0.25) is 5.91 Å². The molecule has 0 aromatic heterocycles. The summed E-state index contributed by atoms with van der Waals surface area (Å²) in [6.07, 6.45) is 0.00413. The molecular formula is C11H13BrN2O3. The Morgan fingerprint density at radius 3 is 2.76 bits per heavy atom. The van der Waals surface area contributed by atoms with Crippen LogP contribution in [0.5, 0.6) is 0 Å². The van der Waals surface area contributed by atoms with E-state index in [4.69, 9.17) is 5.11 Å². The zero-order valence-corrected chi connectivity index (χ0v) is 10.7. The predicted molar refractivity (Wildman–Crippen MR) is 67.9 cm³/mol. The average molecular weight is 301 g/mol. The number of carboxylic acid groups (broad SMARTS) is 1. The minimum atomic E-state index is -0.884. The van der Waals surface area contributed by atoms with Gasteiger partial charge in [0.1, 0.15) is 0 Å². The zero-order chi connectivity index (χ0) is 12.7. The molecule has 0 spiro atoms. The molecule has 5 nitrogen and oxygen atoms in total. The molecule has 0 aliphatic heterocycles. The number of amides is 1. The third-order valence-corrected chi connectivity index (χ3v) is 2.40. The number of halogens is 1. The van der Waals surface area contributed by atoms with E-state index in [1.807, 2.05) is 12.1 Å². The van der Waals surface area contributed by atoms with Crippen LogP contribution in [0.4, 0.5) is 5.69 Å². The number of carboxylic acids is 1. The van der Waals surface area contributed by atoms with Gasteiger partial charge in [-0.3, -0.25) is 9.59 Å². The molecule has 0 saturated carbocycles. The quantitative estimate of drug-likeness (QED) is 0.695. The van der Waals surface area contributed by atoms with Crippen molar-refractivity contribution in [1.29, 1.82) is 0 Å². The molecular weight excluding hydrogens is 288 g/mol. The van der Waals surface area contributed by atoms with E-state index in [2.05, 4.69) is 26.6 Å². The van der Waals surface area contributed by atoms with Gasteiger partial charge < -0.3 is 15.7 Å². The monoisotopic (exact) mass is 300 g/mol. The van der Waals surface area contributed by atoms with Gasteiger partial charge in [-0.2, -0.15) is 0 Å². The Balaban J connectivity index is 2.27. The van der Waals surface area contributed by atoms with Crippen molar-refractivity contribution in [2.75, 3.05) is 18.4 Å². The van der Waals surface area contributed by atoms with E-state index >= 15 is 0 Å². The number of carbonyl (C=O) groups excluding carboxylic acids is 1. The number of rotatable bonds is 6. The van der Waals surface area contributed by atoms with Crippen molar-refractivity contribution in [2.24, 2.45) is 0 Å². The SMILES string of the molecule is O=C(O)CCNCC(=O)Nc1cccc(Br)c1. The molecule has 6 heteroatoms. The molecule has 0 radical (unpaired) electrons. The van der Waals surface area contributed by atoms with Gasteiger partial charge in [-0.1, -0.05) is 22.0 Å². The summed E-state index contributed by atoms with van der Waals surface area (Å²) in [5.41, 5.74) is 0.699. The van der Waals surface area contributed by atoms with Crippen LogP contribution in [-0.2, 0) is 9.59 Å². The van der Waals surface area contributed by atoms with Crippen LogP contribution in [-0.4, -0.2) is 30.1 Å². The molecule has 0 heterocycles. The lowest BCUT2D eigenvalue weighted by Crippen LogP contribution is -2.29. The van der Waals surface area contributed by atoms with Gasteiger partial charge >= 0.3 is 5.97 Å². The van der Waals surface area contributed by atoms with Crippen LogP contribution >= 0.6 is 15.9 Å². The summed E-state index contributed by atoms with van der Waals surface area (Å²) in [6, 6.07) is 7.24. The van der Waals surface area contributed by atoms with Crippen LogP contribution in [0.1, 0.15) is 6.42 Å². The number of nitrogens with one attached hydrogen (secondary N) is 2. The summed E-state index contributed by atoms with van der Waals surface area (Å²) >= 11 is 3.30. The number of hydrogen-bond acceptors (Lipinski definition) is 3. The van der Waals surface area contributed by atoms with Crippen molar-refractivity contribution in [3.63, 3.8) is 0 Å². The van der Waals surface area contributed by atoms with Crippen molar-refractivity contribution in [3.8, 4) is 0 Å². The first kappa shape index (κ1) is 13.7. The van der Waals surface area contributed by atoms with Crippen molar-refractivity contribution in [2.45, 2.75) is 6.42 Å². The van der Waals surface area contributed by atoms with Gasteiger partial charge in [0.05, 0.1) is 13.0 Å². The lowest BCUT2D eigenvalue weighted by molar-refractivity contribution is -0.137. The Labute approximate surface area is 107 Å². The number of benzene rings is 1. The largest absolute Gasteiger partial charge is 0.481 e. The molecule has 0 atom stereocenters. The van der Waals surface area contributed by atoms with Gasteiger partial charge in [-0.25, -0.2) is 0 Å². The zero-order valence-electron chi connectivity index (χ0n) is 9.07. The summed E-state index contributed by atoms with van der Waals surface area (Å²) in [5.74, 6) is -1.08. The standard InChI is InChI=1S/C11H13BrN2O3/c12-8-2-1-3-9(6-8)14-10(15)7-13-5-4-11(16)17/h1-3,6,13H,4-5,7H2,(H,14,15)(H,16,17). The molecule has 1 rings (SSSR count). The van der Waals surface area contributed by atoms with Crippen LogP contribution < -0.4 is 10.6 Å². The minimum absolute atomic E-state index is 0.00413. The topological polar surface area (TPSA) is 78.4 Å². The summed E-state index contributed by atoms with van der Waals surface area (Å²) in [4.78, 5) is 21.7. The molecule has 0 unspecified atom stereocenters. The lowest BCUT2D eigenvalue weighted by Gasteiger charge is -2.06. The Kier molecular flexibility index (Phi) is 5.65. The van der Waals surface area contributed by atoms with Crippen LogP contribution in [0.25, 0.3) is 0 Å². The molecule has 0 saturated heterocycles. The maximum absolute atomic E-state index is 11.4. The van der Waals surface area contributed by atoms with E-state index in [1.54, 1.807) is 12.1 Å². The van der Waals surface area contributed by atoms with E-state index in [0.717, 1.165) is 4.47 Å². The number of anilines is 1. The Morgan fingerprint density at radius 1 is 1.35 bits per heavy atom. The summed E-state index contributed by atoms with van der Waals surface area (Å²) < 4.78 is 0.883. The molecule has 1 amide bonds. The van der Waals surface area contributed by atoms with Crippen molar-refractivity contribution >= 4 is 33.5 Å². The average Bonchev–Trinajstić information content (AvgIpc) is 2.24. The summed E-state index contributed by atoms with van der Waals surface area (Å²) in [5, 5.41) is 13.8. The molecule has 0 aliphatic carbocycles. The summed E-state index contributed by atoms with van der Waals surface area (Å²) in [7, 11) is 0. The van der Waals surface area contributed by atoms with Crippen LogP contribution in [0.2, 0.25) is 0 Å². The highest BCUT2D eigenvalue weighted by molar-refractivity contribution is 9.10.